The van der Waals surface area contributed by atoms with Gasteiger partial charge >= 0.3 is 6.03 Å². The zero-order valence-corrected chi connectivity index (χ0v) is 5.62. The molecule has 0 atom stereocenters. The Balaban J connectivity index is 2.72. The highest BCUT2D eigenvalue weighted by Crippen LogP contribution is 2.01. The predicted octanol–water partition coefficient (Wildman–Crippen LogP) is 0.593. The standard InChI is InChI=1S/C6H10N2O/c1-4-3-7-6(9)8-5(4)2/h3H2,1-2H3,(H2,7,8,9). The SMILES string of the molecule is CC1=C(C)NC(=O)NC1. The van der Waals surface area contributed by atoms with E-state index in [-0.39, 0.29) is 6.03 Å². The fraction of sp³-hybridized carbons (Fsp3) is 0.500. The molecule has 0 unspecified atom stereocenters. The van der Waals surface area contributed by atoms with Gasteiger partial charge in [0.2, 0.25) is 0 Å². The third-order valence-corrected chi connectivity index (χ3v) is 1.46. The minimum absolute atomic E-state index is 0.0990. The largest absolute Gasteiger partial charge is 0.334 e. The van der Waals surface area contributed by atoms with Gasteiger partial charge in [-0.05, 0) is 19.4 Å². The maximum atomic E-state index is 10.6. The van der Waals surface area contributed by atoms with Crippen LogP contribution in [-0.4, -0.2) is 12.6 Å². The summed E-state index contributed by atoms with van der Waals surface area (Å²) in [6, 6.07) is -0.0990. The molecule has 50 valence electrons. The number of rotatable bonds is 0. The number of carbonyl (C=O) groups excluding carboxylic acids is 1. The summed E-state index contributed by atoms with van der Waals surface area (Å²) in [6.07, 6.45) is 0. The molecule has 1 aliphatic heterocycles. The molecular weight excluding hydrogens is 116 g/mol. The Morgan fingerprint density at radius 1 is 1.44 bits per heavy atom. The number of allylic oxidation sites excluding steroid dienone is 1. The molecule has 0 aromatic rings. The Labute approximate surface area is 54.1 Å². The third kappa shape index (κ3) is 1.22. The van der Waals surface area contributed by atoms with Crippen molar-refractivity contribution in [1.29, 1.82) is 0 Å². The van der Waals surface area contributed by atoms with Gasteiger partial charge in [0, 0.05) is 12.2 Å². The van der Waals surface area contributed by atoms with E-state index in [4.69, 9.17) is 0 Å². The molecule has 1 heterocycles. The van der Waals surface area contributed by atoms with Crippen LogP contribution in [0.3, 0.4) is 0 Å². The summed E-state index contributed by atoms with van der Waals surface area (Å²) in [5.41, 5.74) is 2.16. The van der Waals surface area contributed by atoms with E-state index >= 15 is 0 Å². The van der Waals surface area contributed by atoms with Crippen molar-refractivity contribution in [2.24, 2.45) is 0 Å². The van der Waals surface area contributed by atoms with Crippen molar-refractivity contribution in [3.8, 4) is 0 Å². The van der Waals surface area contributed by atoms with Crippen LogP contribution < -0.4 is 10.6 Å². The van der Waals surface area contributed by atoms with Crippen molar-refractivity contribution in [1.82, 2.24) is 10.6 Å². The van der Waals surface area contributed by atoms with E-state index in [2.05, 4.69) is 10.6 Å². The molecule has 0 aromatic carbocycles. The van der Waals surface area contributed by atoms with Crippen LogP contribution in [-0.2, 0) is 0 Å². The molecule has 1 rings (SSSR count). The summed E-state index contributed by atoms with van der Waals surface area (Å²) in [5, 5.41) is 5.31. The average Bonchev–Trinajstić information content (AvgIpc) is 1.80. The summed E-state index contributed by atoms with van der Waals surface area (Å²) in [6.45, 7) is 4.56. The highest BCUT2D eigenvalue weighted by atomic mass is 16.2. The molecule has 1 aliphatic rings. The first-order chi connectivity index (χ1) is 4.20. The highest BCUT2D eigenvalue weighted by molar-refractivity contribution is 5.77. The predicted molar refractivity (Wildman–Crippen MR) is 34.9 cm³/mol. The van der Waals surface area contributed by atoms with Gasteiger partial charge in [-0.3, -0.25) is 0 Å². The maximum absolute atomic E-state index is 10.6. The lowest BCUT2D eigenvalue weighted by Crippen LogP contribution is -2.40. The van der Waals surface area contributed by atoms with Gasteiger partial charge in [0.05, 0.1) is 0 Å². The van der Waals surface area contributed by atoms with Gasteiger partial charge < -0.3 is 10.6 Å². The lowest BCUT2D eigenvalue weighted by atomic mass is 10.2. The lowest BCUT2D eigenvalue weighted by molar-refractivity contribution is 0.242. The fourth-order valence-corrected chi connectivity index (χ4v) is 0.667. The van der Waals surface area contributed by atoms with E-state index in [1.165, 1.54) is 5.57 Å². The third-order valence-electron chi connectivity index (χ3n) is 1.46. The molecule has 2 N–H and O–H groups in total. The topological polar surface area (TPSA) is 41.1 Å². The van der Waals surface area contributed by atoms with Crippen molar-refractivity contribution in [2.45, 2.75) is 13.8 Å². The van der Waals surface area contributed by atoms with Crippen LogP contribution >= 0.6 is 0 Å². The fourth-order valence-electron chi connectivity index (χ4n) is 0.667. The van der Waals surface area contributed by atoms with E-state index in [1.54, 1.807) is 0 Å². The second-order valence-corrected chi connectivity index (χ2v) is 2.21. The molecule has 0 aliphatic carbocycles. The second kappa shape index (κ2) is 2.09. The maximum Gasteiger partial charge on any atom is 0.319 e. The van der Waals surface area contributed by atoms with Gasteiger partial charge in [-0.2, -0.15) is 0 Å². The molecular formula is C6H10N2O. The lowest BCUT2D eigenvalue weighted by Gasteiger charge is -2.16. The Morgan fingerprint density at radius 3 is 2.56 bits per heavy atom. The quantitative estimate of drug-likeness (QED) is 0.490. The zero-order valence-electron chi connectivity index (χ0n) is 5.62. The number of hydrogen-bond acceptors (Lipinski definition) is 1. The number of amides is 2. The van der Waals surface area contributed by atoms with Gasteiger partial charge in [-0.1, -0.05) is 0 Å². The molecule has 3 nitrogen and oxygen atoms in total. The van der Waals surface area contributed by atoms with Crippen molar-refractivity contribution < 1.29 is 4.79 Å². The summed E-state index contributed by atoms with van der Waals surface area (Å²) in [7, 11) is 0. The molecule has 2 amide bonds. The monoisotopic (exact) mass is 126 g/mol. The van der Waals surface area contributed by atoms with Crippen LogP contribution in [0.25, 0.3) is 0 Å². The summed E-state index contributed by atoms with van der Waals surface area (Å²) in [5.74, 6) is 0. The number of carbonyl (C=O) groups is 1. The summed E-state index contributed by atoms with van der Waals surface area (Å²) in [4.78, 5) is 10.6. The van der Waals surface area contributed by atoms with Gasteiger partial charge in [0.1, 0.15) is 0 Å². The molecule has 0 aromatic heterocycles. The Hall–Kier alpha value is -0.990. The normalized spacial score (nSPS) is 19.1. The minimum atomic E-state index is -0.0990. The Kier molecular flexibility index (Phi) is 1.42. The number of hydrogen-bond donors (Lipinski definition) is 2. The van der Waals surface area contributed by atoms with E-state index < -0.39 is 0 Å². The average molecular weight is 126 g/mol. The van der Waals surface area contributed by atoms with Crippen LogP contribution in [0.15, 0.2) is 11.3 Å². The van der Waals surface area contributed by atoms with Gasteiger partial charge in [0.15, 0.2) is 0 Å². The highest BCUT2D eigenvalue weighted by Gasteiger charge is 2.08. The Bertz CT molecular complexity index is 172. The molecule has 0 fully saturated rings. The van der Waals surface area contributed by atoms with E-state index in [9.17, 15) is 4.79 Å². The zero-order chi connectivity index (χ0) is 6.85. The van der Waals surface area contributed by atoms with Crippen molar-refractivity contribution in [3.05, 3.63) is 11.3 Å². The molecule has 0 bridgehead atoms. The molecule has 9 heavy (non-hydrogen) atoms. The van der Waals surface area contributed by atoms with E-state index in [0.29, 0.717) is 6.54 Å². The second-order valence-electron chi connectivity index (χ2n) is 2.21. The first-order valence-electron chi connectivity index (χ1n) is 2.91. The van der Waals surface area contributed by atoms with Crippen LogP contribution in [0.5, 0.6) is 0 Å². The first kappa shape index (κ1) is 6.13. The molecule has 0 radical (unpaired) electrons. The first-order valence-corrected chi connectivity index (χ1v) is 2.91. The summed E-state index contributed by atoms with van der Waals surface area (Å²) < 4.78 is 0. The van der Waals surface area contributed by atoms with Crippen LogP contribution in [0.2, 0.25) is 0 Å². The molecule has 3 heteroatoms. The summed E-state index contributed by atoms with van der Waals surface area (Å²) >= 11 is 0. The van der Waals surface area contributed by atoms with E-state index in [0.717, 1.165) is 5.70 Å². The molecule has 0 spiro atoms. The van der Waals surface area contributed by atoms with Gasteiger partial charge in [-0.15, -0.1) is 0 Å². The van der Waals surface area contributed by atoms with Gasteiger partial charge in [0.25, 0.3) is 0 Å². The number of urea groups is 1. The Morgan fingerprint density at radius 2 is 2.11 bits per heavy atom. The van der Waals surface area contributed by atoms with Crippen LogP contribution in [0.1, 0.15) is 13.8 Å². The van der Waals surface area contributed by atoms with Crippen molar-refractivity contribution >= 4 is 6.03 Å². The molecule has 0 saturated carbocycles. The van der Waals surface area contributed by atoms with Crippen LogP contribution in [0, 0.1) is 0 Å². The van der Waals surface area contributed by atoms with Crippen LogP contribution in [0.4, 0.5) is 4.79 Å². The number of nitrogens with one attached hydrogen (secondary N) is 2. The van der Waals surface area contributed by atoms with Crippen molar-refractivity contribution in [2.75, 3.05) is 6.54 Å². The van der Waals surface area contributed by atoms with Crippen molar-refractivity contribution in [3.63, 3.8) is 0 Å². The molecule has 0 saturated heterocycles. The van der Waals surface area contributed by atoms with E-state index in [1.807, 2.05) is 13.8 Å². The van der Waals surface area contributed by atoms with Gasteiger partial charge in [-0.25, -0.2) is 4.79 Å². The minimum Gasteiger partial charge on any atom is -0.334 e. The smallest absolute Gasteiger partial charge is 0.319 e.